The third kappa shape index (κ3) is 6.26. The third-order valence-corrected chi connectivity index (χ3v) is 7.03. The summed E-state index contributed by atoms with van der Waals surface area (Å²) in [5.41, 5.74) is 6.31. The quantitative estimate of drug-likeness (QED) is 0.178. The molecule has 2 N–H and O–H groups in total. The van der Waals surface area contributed by atoms with Gasteiger partial charge in [0.1, 0.15) is 11.4 Å². The highest BCUT2D eigenvalue weighted by atomic mass is 16.5. The molecule has 202 valence electrons. The second kappa shape index (κ2) is 12.1. The number of allylic oxidation sites excluding steroid dienone is 2. The Hall–Kier alpha value is -4.23. The average Bonchev–Trinajstić information content (AvgIpc) is 3.36. The highest BCUT2D eigenvalue weighted by Gasteiger charge is 2.17. The summed E-state index contributed by atoms with van der Waals surface area (Å²) in [5, 5.41) is 3.90. The van der Waals surface area contributed by atoms with Gasteiger partial charge in [-0.3, -0.25) is 14.5 Å². The number of aromatic amines is 1. The number of nitrogens with zero attached hydrogens (tertiary/aromatic N) is 2. The fourth-order valence-corrected chi connectivity index (χ4v) is 4.29. The molecule has 0 saturated carbocycles. The summed E-state index contributed by atoms with van der Waals surface area (Å²) in [5.74, 6) is 0.466. The molecule has 39 heavy (non-hydrogen) atoms. The minimum absolute atomic E-state index is 0.144. The van der Waals surface area contributed by atoms with Gasteiger partial charge < -0.3 is 15.0 Å². The van der Waals surface area contributed by atoms with Gasteiger partial charge in [0.2, 0.25) is 5.91 Å². The fourth-order valence-electron chi connectivity index (χ4n) is 4.29. The summed E-state index contributed by atoms with van der Waals surface area (Å²) in [4.78, 5) is 36.0. The van der Waals surface area contributed by atoms with Crippen molar-refractivity contribution in [1.82, 2.24) is 14.9 Å². The lowest BCUT2D eigenvalue weighted by atomic mass is 9.97. The first-order valence-corrected chi connectivity index (χ1v) is 13.2. The minimum atomic E-state index is -0.166. The van der Waals surface area contributed by atoms with Crippen LogP contribution in [0, 0.1) is 0 Å². The molecule has 0 bridgehead atoms. The van der Waals surface area contributed by atoms with Crippen molar-refractivity contribution in [3.8, 4) is 28.0 Å². The number of amides is 1. The van der Waals surface area contributed by atoms with E-state index in [2.05, 4.69) is 21.4 Å². The topological polar surface area (TPSA) is 87.3 Å². The number of nitrogens with one attached hydrogen (secondary N) is 2. The fraction of sp³-hybridized carbons (Fsp3) is 0.281. The van der Waals surface area contributed by atoms with E-state index >= 15 is 0 Å². The number of ketones is 1. The Kier molecular flexibility index (Phi) is 8.62. The number of benzene rings is 2. The molecular formula is C32H36N4O3. The van der Waals surface area contributed by atoms with Crippen molar-refractivity contribution in [2.45, 2.75) is 40.2 Å². The molecule has 0 spiro atoms. The smallest absolute Gasteiger partial charge is 0.238 e. The lowest BCUT2D eigenvalue weighted by Gasteiger charge is -2.20. The van der Waals surface area contributed by atoms with Gasteiger partial charge in [-0.2, -0.15) is 0 Å². The van der Waals surface area contributed by atoms with Crippen LogP contribution >= 0.6 is 0 Å². The first-order valence-electron chi connectivity index (χ1n) is 13.2. The van der Waals surface area contributed by atoms with Gasteiger partial charge in [0, 0.05) is 46.1 Å². The van der Waals surface area contributed by atoms with Crippen LogP contribution in [0.2, 0.25) is 0 Å². The van der Waals surface area contributed by atoms with E-state index in [0.29, 0.717) is 11.3 Å². The number of hydrogen-bond donors (Lipinski definition) is 2. The summed E-state index contributed by atoms with van der Waals surface area (Å²) < 4.78 is 5.58. The Labute approximate surface area is 229 Å². The first kappa shape index (κ1) is 27.8. The number of hydrogen-bond acceptors (Lipinski definition) is 5. The Morgan fingerprint density at radius 1 is 1.10 bits per heavy atom. The van der Waals surface area contributed by atoms with Crippen molar-refractivity contribution in [3.63, 3.8) is 0 Å². The Balaban J connectivity index is 1.76. The number of pyridine rings is 1. The molecule has 0 aliphatic rings. The van der Waals surface area contributed by atoms with Crippen LogP contribution in [0.4, 0.5) is 5.69 Å². The first-order chi connectivity index (χ1) is 18.7. The van der Waals surface area contributed by atoms with E-state index in [1.807, 2.05) is 82.2 Å². The summed E-state index contributed by atoms with van der Waals surface area (Å²) in [6, 6.07) is 15.7. The van der Waals surface area contributed by atoms with Crippen molar-refractivity contribution in [2.24, 2.45) is 0 Å². The number of carbonyl (C=O) groups excluding carboxylic acids is 2. The van der Waals surface area contributed by atoms with Gasteiger partial charge in [0.05, 0.1) is 19.3 Å². The van der Waals surface area contributed by atoms with Crippen LogP contribution < -0.4 is 10.1 Å². The van der Waals surface area contributed by atoms with Gasteiger partial charge in [-0.25, -0.2) is 4.98 Å². The van der Waals surface area contributed by atoms with Gasteiger partial charge in [-0.15, -0.1) is 0 Å². The average molecular weight is 525 g/mol. The standard InChI is InChI=1S/C32H36N4O3/c1-7-21(4)14-29(37)26-15-22(12-13-28(26)35-31(38)19-36(5)20(2)3)23-16-25-27(18-34-32(25)33-17-23)24-10-8-9-11-30(24)39-6/h8-18,20H,7,19H2,1-6H3,(H,33,34)(H,35,38)/b21-14+. The van der Waals surface area contributed by atoms with E-state index in [0.717, 1.165) is 51.0 Å². The molecule has 2 heterocycles. The summed E-state index contributed by atoms with van der Waals surface area (Å²) >= 11 is 0. The molecule has 7 heteroatoms. The van der Waals surface area contributed by atoms with Crippen LogP contribution in [-0.4, -0.2) is 53.3 Å². The Morgan fingerprint density at radius 2 is 1.87 bits per heavy atom. The largest absolute Gasteiger partial charge is 0.496 e. The number of para-hydroxylation sites is 1. The van der Waals surface area contributed by atoms with Gasteiger partial charge in [0.15, 0.2) is 5.78 Å². The Morgan fingerprint density at radius 3 is 2.59 bits per heavy atom. The van der Waals surface area contributed by atoms with E-state index in [-0.39, 0.29) is 24.3 Å². The van der Waals surface area contributed by atoms with Gasteiger partial charge in [-0.1, -0.05) is 36.8 Å². The molecule has 0 aliphatic carbocycles. The van der Waals surface area contributed by atoms with Crippen LogP contribution in [0.5, 0.6) is 5.75 Å². The maximum atomic E-state index is 13.3. The maximum absolute atomic E-state index is 13.3. The molecule has 0 fully saturated rings. The van der Waals surface area contributed by atoms with Crippen molar-refractivity contribution >= 4 is 28.4 Å². The molecule has 4 rings (SSSR count). The molecular weight excluding hydrogens is 488 g/mol. The summed E-state index contributed by atoms with van der Waals surface area (Å²) in [6.07, 6.45) is 6.13. The zero-order chi connectivity index (χ0) is 28.1. The number of rotatable bonds is 10. The number of carbonyl (C=O) groups is 2. The van der Waals surface area contributed by atoms with Crippen LogP contribution in [0.15, 0.2) is 72.6 Å². The zero-order valence-electron chi connectivity index (χ0n) is 23.5. The molecule has 0 aliphatic heterocycles. The van der Waals surface area contributed by atoms with Crippen LogP contribution in [0.1, 0.15) is 44.5 Å². The van der Waals surface area contributed by atoms with Gasteiger partial charge >= 0.3 is 0 Å². The molecule has 0 saturated heterocycles. The van der Waals surface area contributed by atoms with Crippen molar-refractivity contribution in [2.75, 3.05) is 26.0 Å². The van der Waals surface area contributed by atoms with E-state index in [4.69, 9.17) is 4.74 Å². The molecule has 0 atom stereocenters. The van der Waals surface area contributed by atoms with E-state index in [1.54, 1.807) is 25.4 Å². The lowest BCUT2D eigenvalue weighted by molar-refractivity contribution is -0.117. The van der Waals surface area contributed by atoms with Crippen molar-refractivity contribution in [1.29, 1.82) is 0 Å². The summed E-state index contributed by atoms with van der Waals surface area (Å²) in [7, 11) is 3.56. The van der Waals surface area contributed by atoms with Gasteiger partial charge in [0.25, 0.3) is 0 Å². The molecule has 7 nitrogen and oxygen atoms in total. The summed E-state index contributed by atoms with van der Waals surface area (Å²) in [6.45, 7) is 8.24. The number of methoxy groups -OCH3 is 1. The maximum Gasteiger partial charge on any atom is 0.238 e. The predicted molar refractivity (Wildman–Crippen MR) is 158 cm³/mol. The zero-order valence-corrected chi connectivity index (χ0v) is 23.5. The highest BCUT2D eigenvalue weighted by Crippen LogP contribution is 2.36. The minimum Gasteiger partial charge on any atom is -0.496 e. The number of ether oxygens (including phenoxy) is 1. The molecule has 0 radical (unpaired) electrons. The number of fused-ring (bicyclic) bond motifs is 1. The van der Waals surface area contributed by atoms with E-state index in [1.165, 1.54) is 0 Å². The SMILES string of the molecule is CC/C(C)=C/C(=O)c1cc(-c2cnc3[nH]cc(-c4ccccc4OC)c3c2)ccc1NC(=O)CN(C)C(C)C. The molecule has 0 unspecified atom stereocenters. The second-order valence-electron chi connectivity index (χ2n) is 10.0. The highest BCUT2D eigenvalue weighted by molar-refractivity contribution is 6.11. The molecule has 1 amide bonds. The third-order valence-electron chi connectivity index (χ3n) is 7.03. The van der Waals surface area contributed by atoms with Gasteiger partial charge in [-0.05, 0) is 70.1 Å². The number of aromatic nitrogens is 2. The second-order valence-corrected chi connectivity index (χ2v) is 10.0. The predicted octanol–water partition coefficient (Wildman–Crippen LogP) is 6.72. The van der Waals surface area contributed by atoms with E-state index in [9.17, 15) is 9.59 Å². The lowest BCUT2D eigenvalue weighted by Crippen LogP contribution is -2.35. The van der Waals surface area contributed by atoms with E-state index < -0.39 is 0 Å². The van der Waals surface area contributed by atoms with Crippen molar-refractivity contribution in [3.05, 3.63) is 78.1 Å². The normalized spacial score (nSPS) is 11.8. The molecule has 2 aromatic carbocycles. The van der Waals surface area contributed by atoms with Crippen LogP contribution in [0.25, 0.3) is 33.3 Å². The molecule has 4 aromatic rings. The monoisotopic (exact) mass is 524 g/mol. The van der Waals surface area contributed by atoms with Crippen molar-refractivity contribution < 1.29 is 14.3 Å². The Bertz CT molecular complexity index is 1530. The van der Waals surface area contributed by atoms with Crippen LogP contribution in [-0.2, 0) is 4.79 Å². The van der Waals surface area contributed by atoms with Crippen LogP contribution in [0.3, 0.4) is 0 Å². The number of anilines is 1. The number of likely N-dealkylation sites (N-methyl/N-ethyl adjacent to an activating group) is 1. The molecule has 2 aromatic heterocycles. The number of H-pyrrole nitrogens is 1.